The van der Waals surface area contributed by atoms with Crippen LogP contribution >= 0.6 is 12.6 Å². The van der Waals surface area contributed by atoms with Crippen molar-refractivity contribution in [2.75, 3.05) is 0 Å². The first-order chi connectivity index (χ1) is 8.48. The van der Waals surface area contributed by atoms with Gasteiger partial charge in [0.15, 0.2) is 0 Å². The fraction of sp³-hybridized carbons (Fsp3) is 0.500. The van der Waals surface area contributed by atoms with Gasteiger partial charge >= 0.3 is 0 Å². The molecule has 0 atom stereocenters. The number of halogens is 1. The molecule has 1 rings (SSSR count). The highest BCUT2D eigenvalue weighted by atomic mass is 32.1. The second kappa shape index (κ2) is 6.23. The third-order valence-electron chi connectivity index (χ3n) is 3.62. The topological polar surface area (TPSA) is 29.1 Å². The molecule has 1 amide bonds. The van der Waals surface area contributed by atoms with E-state index in [-0.39, 0.29) is 16.3 Å². The van der Waals surface area contributed by atoms with Gasteiger partial charge in [0.1, 0.15) is 5.82 Å². The van der Waals surface area contributed by atoms with Gasteiger partial charge in [-0.3, -0.25) is 4.79 Å². The number of carbonyl (C=O) groups excluding carboxylic acids is 1. The average Bonchev–Trinajstić information content (AvgIpc) is 2.39. The molecule has 1 aromatic carbocycles. The molecule has 0 radical (unpaired) electrons. The summed E-state index contributed by atoms with van der Waals surface area (Å²) in [6, 6.07) is 4.21. The van der Waals surface area contributed by atoms with E-state index in [1.54, 1.807) is 0 Å². The predicted octanol–water partition coefficient (Wildman–Crippen LogP) is 3.81. The molecular weight excluding hydrogens is 249 g/mol. The fourth-order valence-electron chi connectivity index (χ4n) is 1.98. The van der Waals surface area contributed by atoms with E-state index in [9.17, 15) is 9.18 Å². The molecule has 0 saturated heterocycles. The number of rotatable bonds is 5. The first-order valence-corrected chi connectivity index (χ1v) is 6.73. The van der Waals surface area contributed by atoms with E-state index in [1.165, 1.54) is 18.2 Å². The van der Waals surface area contributed by atoms with Gasteiger partial charge in [0.05, 0.1) is 0 Å². The smallest absolute Gasteiger partial charge is 0.251 e. The van der Waals surface area contributed by atoms with Crippen molar-refractivity contribution in [2.45, 2.75) is 50.5 Å². The molecule has 0 aromatic heterocycles. The Kier molecular flexibility index (Phi) is 5.20. The van der Waals surface area contributed by atoms with E-state index in [2.05, 4.69) is 38.7 Å². The van der Waals surface area contributed by atoms with Gasteiger partial charge in [0, 0.05) is 16.0 Å². The minimum atomic E-state index is -0.414. The molecule has 4 heteroatoms. The zero-order valence-electron chi connectivity index (χ0n) is 11.1. The molecule has 0 bridgehead atoms. The summed E-state index contributed by atoms with van der Waals surface area (Å²) in [7, 11) is 0. The van der Waals surface area contributed by atoms with Crippen LogP contribution in [0.3, 0.4) is 0 Å². The van der Waals surface area contributed by atoms with Gasteiger partial charge in [-0.15, -0.1) is 12.6 Å². The zero-order valence-corrected chi connectivity index (χ0v) is 12.0. The van der Waals surface area contributed by atoms with E-state index < -0.39 is 5.82 Å². The first-order valence-electron chi connectivity index (χ1n) is 6.29. The molecule has 0 aliphatic heterocycles. The number of nitrogens with one attached hydrogen (secondary N) is 1. The van der Waals surface area contributed by atoms with Crippen LogP contribution in [-0.4, -0.2) is 11.4 Å². The maximum absolute atomic E-state index is 13.1. The third-order valence-corrected chi connectivity index (χ3v) is 3.96. The normalized spacial score (nSPS) is 11.4. The molecule has 0 heterocycles. The van der Waals surface area contributed by atoms with Crippen molar-refractivity contribution in [3.63, 3.8) is 0 Å². The minimum Gasteiger partial charge on any atom is -0.347 e. The molecular formula is C14H20FNOS. The highest BCUT2D eigenvalue weighted by Gasteiger charge is 2.26. The van der Waals surface area contributed by atoms with Crippen molar-refractivity contribution in [1.82, 2.24) is 5.32 Å². The van der Waals surface area contributed by atoms with E-state index >= 15 is 0 Å². The highest BCUT2D eigenvalue weighted by molar-refractivity contribution is 7.80. The number of hydrogen-bond donors (Lipinski definition) is 2. The molecule has 0 aliphatic carbocycles. The van der Waals surface area contributed by atoms with Crippen molar-refractivity contribution in [2.24, 2.45) is 0 Å². The van der Waals surface area contributed by atoms with E-state index in [1.807, 2.05) is 0 Å². The number of amides is 1. The summed E-state index contributed by atoms with van der Waals surface area (Å²) in [6.45, 7) is 6.17. The largest absolute Gasteiger partial charge is 0.347 e. The van der Waals surface area contributed by atoms with Crippen molar-refractivity contribution in [1.29, 1.82) is 0 Å². The van der Waals surface area contributed by atoms with Crippen LogP contribution in [-0.2, 0) is 0 Å². The predicted molar refractivity (Wildman–Crippen MR) is 74.7 cm³/mol. The Morgan fingerprint density at radius 2 is 1.83 bits per heavy atom. The lowest BCUT2D eigenvalue weighted by Crippen LogP contribution is -2.47. The Bertz CT molecular complexity index is 422. The lowest BCUT2D eigenvalue weighted by Gasteiger charge is -2.31. The Morgan fingerprint density at radius 1 is 1.28 bits per heavy atom. The molecule has 0 saturated carbocycles. The van der Waals surface area contributed by atoms with Crippen molar-refractivity contribution >= 4 is 18.5 Å². The average molecular weight is 269 g/mol. The molecule has 18 heavy (non-hydrogen) atoms. The molecule has 0 spiro atoms. The molecule has 0 fully saturated rings. The van der Waals surface area contributed by atoms with Crippen molar-refractivity contribution < 1.29 is 9.18 Å². The quantitative estimate of drug-likeness (QED) is 0.782. The second-order valence-electron chi connectivity index (χ2n) is 4.46. The van der Waals surface area contributed by atoms with Crippen LogP contribution in [0.1, 0.15) is 50.4 Å². The van der Waals surface area contributed by atoms with Crippen LogP contribution in [0.15, 0.2) is 23.1 Å². The summed E-state index contributed by atoms with van der Waals surface area (Å²) < 4.78 is 13.1. The van der Waals surface area contributed by atoms with Gasteiger partial charge in [-0.05, 0) is 37.5 Å². The molecule has 100 valence electrons. The molecule has 2 nitrogen and oxygen atoms in total. The van der Waals surface area contributed by atoms with Gasteiger partial charge in [-0.1, -0.05) is 20.8 Å². The van der Waals surface area contributed by atoms with Crippen molar-refractivity contribution in [3.8, 4) is 0 Å². The Morgan fingerprint density at radius 3 is 2.28 bits per heavy atom. The van der Waals surface area contributed by atoms with Crippen LogP contribution in [0, 0.1) is 5.82 Å². The monoisotopic (exact) mass is 269 g/mol. The Hall–Kier alpha value is -1.03. The summed E-state index contributed by atoms with van der Waals surface area (Å²) in [5.74, 6) is -0.585. The third kappa shape index (κ3) is 3.25. The van der Waals surface area contributed by atoms with Gasteiger partial charge in [-0.2, -0.15) is 0 Å². The maximum Gasteiger partial charge on any atom is 0.251 e. The van der Waals surface area contributed by atoms with Crippen LogP contribution < -0.4 is 5.32 Å². The fourth-order valence-corrected chi connectivity index (χ4v) is 2.20. The van der Waals surface area contributed by atoms with Crippen LogP contribution in [0.25, 0.3) is 0 Å². The summed E-state index contributed by atoms with van der Waals surface area (Å²) in [5, 5.41) is 3.05. The lowest BCUT2D eigenvalue weighted by molar-refractivity contribution is 0.0888. The summed E-state index contributed by atoms with van der Waals surface area (Å²) in [6.07, 6.45) is 2.63. The van der Waals surface area contributed by atoms with E-state index in [0.29, 0.717) is 5.56 Å². The van der Waals surface area contributed by atoms with E-state index in [4.69, 9.17) is 0 Å². The summed E-state index contributed by atoms with van der Waals surface area (Å²) in [5.41, 5.74) is 0.267. The first kappa shape index (κ1) is 15.0. The van der Waals surface area contributed by atoms with Crippen LogP contribution in [0.5, 0.6) is 0 Å². The van der Waals surface area contributed by atoms with E-state index in [0.717, 1.165) is 19.3 Å². The molecule has 0 unspecified atom stereocenters. The van der Waals surface area contributed by atoms with Crippen LogP contribution in [0.2, 0.25) is 0 Å². The molecule has 1 N–H and O–H groups in total. The van der Waals surface area contributed by atoms with Gasteiger partial charge < -0.3 is 5.32 Å². The van der Waals surface area contributed by atoms with Crippen LogP contribution in [0.4, 0.5) is 4.39 Å². The minimum absolute atomic E-state index is 0.171. The summed E-state index contributed by atoms with van der Waals surface area (Å²) >= 11 is 3.99. The van der Waals surface area contributed by atoms with Crippen molar-refractivity contribution in [3.05, 3.63) is 29.6 Å². The highest BCUT2D eigenvalue weighted by Crippen LogP contribution is 2.21. The van der Waals surface area contributed by atoms with Gasteiger partial charge in [-0.25, -0.2) is 4.39 Å². The number of benzene rings is 1. The standard InChI is InChI=1S/C14H20FNOS/c1-4-14(5-2,6-3)16-13(17)10-7-8-11(15)12(18)9-10/h7-9,18H,4-6H2,1-3H3,(H,16,17). The van der Waals surface area contributed by atoms with Gasteiger partial charge in [0.2, 0.25) is 0 Å². The number of carbonyl (C=O) groups is 1. The maximum atomic E-state index is 13.1. The van der Waals surface area contributed by atoms with Gasteiger partial charge in [0.25, 0.3) is 5.91 Å². The summed E-state index contributed by atoms with van der Waals surface area (Å²) in [4.78, 5) is 12.3. The molecule has 1 aromatic rings. The zero-order chi connectivity index (χ0) is 13.8. The SMILES string of the molecule is CCC(CC)(CC)NC(=O)c1ccc(F)c(S)c1. The molecule has 0 aliphatic rings. The second-order valence-corrected chi connectivity index (χ2v) is 4.94. The lowest BCUT2D eigenvalue weighted by atomic mass is 9.89. The Balaban J connectivity index is 2.90. The number of thiol groups is 1. The number of hydrogen-bond acceptors (Lipinski definition) is 2. The Labute approximate surface area is 113 Å².